The zero-order chi connectivity index (χ0) is 22.7. The van der Waals surface area contributed by atoms with Gasteiger partial charge in [-0.2, -0.15) is 4.98 Å². The highest BCUT2D eigenvalue weighted by Crippen LogP contribution is 2.51. The van der Waals surface area contributed by atoms with Crippen LogP contribution in [-0.2, 0) is 19.2 Å². The zero-order valence-electron chi connectivity index (χ0n) is 18.0. The van der Waals surface area contributed by atoms with Crippen molar-refractivity contribution in [3.8, 4) is 5.95 Å². The number of aromatic nitrogens is 4. The molecule has 2 unspecified atom stereocenters. The summed E-state index contributed by atoms with van der Waals surface area (Å²) in [4.78, 5) is 16.3. The molecular formula is C21H26FN7O2S. The van der Waals surface area contributed by atoms with Crippen molar-refractivity contribution in [1.82, 2.24) is 19.5 Å². The molecule has 9 nitrogen and oxygen atoms in total. The van der Waals surface area contributed by atoms with E-state index < -0.39 is 14.5 Å². The van der Waals surface area contributed by atoms with Gasteiger partial charge >= 0.3 is 0 Å². The van der Waals surface area contributed by atoms with Gasteiger partial charge in [0.05, 0.1) is 40.7 Å². The first-order valence-corrected chi connectivity index (χ1v) is 12.3. The summed E-state index contributed by atoms with van der Waals surface area (Å²) in [5.41, 5.74) is 1.73. The topological polar surface area (TPSA) is 111 Å². The SMILES string of the molecule is C=S(N)(=O)C1(c2cc(N3CCOCC3C)nc(-n3c(NC)nc4cc(F)ccc43)n2)CC1. The van der Waals surface area contributed by atoms with Gasteiger partial charge in [-0.05, 0) is 37.8 Å². The summed E-state index contributed by atoms with van der Waals surface area (Å²) >= 11 is 0. The van der Waals surface area contributed by atoms with E-state index in [1.54, 1.807) is 17.7 Å². The third-order valence-corrected chi connectivity index (χ3v) is 8.18. The van der Waals surface area contributed by atoms with Gasteiger partial charge in [0.2, 0.25) is 11.9 Å². The van der Waals surface area contributed by atoms with Crippen molar-refractivity contribution < 1.29 is 13.3 Å². The molecule has 3 aromatic rings. The first kappa shape index (κ1) is 21.1. The molecule has 0 bridgehead atoms. The highest BCUT2D eigenvalue weighted by Gasteiger charge is 2.52. The molecule has 1 aliphatic heterocycles. The predicted octanol–water partition coefficient (Wildman–Crippen LogP) is 1.80. The van der Waals surface area contributed by atoms with E-state index >= 15 is 0 Å². The molecule has 1 saturated carbocycles. The molecule has 2 aliphatic rings. The number of imidazole rings is 1. The number of nitrogens with two attached hydrogens (primary N) is 1. The van der Waals surface area contributed by atoms with Crippen LogP contribution in [0.4, 0.5) is 16.2 Å². The maximum atomic E-state index is 13.8. The summed E-state index contributed by atoms with van der Waals surface area (Å²) in [5, 5.41) is 9.08. The van der Waals surface area contributed by atoms with Gasteiger partial charge in [0.1, 0.15) is 11.6 Å². The first-order valence-electron chi connectivity index (χ1n) is 10.5. The van der Waals surface area contributed by atoms with E-state index in [2.05, 4.69) is 28.0 Å². The number of anilines is 2. The van der Waals surface area contributed by atoms with Gasteiger partial charge in [-0.25, -0.2) is 18.9 Å². The summed E-state index contributed by atoms with van der Waals surface area (Å²) in [6.45, 7) is 3.90. The first-order chi connectivity index (χ1) is 15.2. The van der Waals surface area contributed by atoms with Gasteiger partial charge < -0.3 is 15.0 Å². The number of benzene rings is 1. The van der Waals surface area contributed by atoms with E-state index in [0.717, 1.165) is 0 Å². The van der Waals surface area contributed by atoms with Crippen LogP contribution in [0.25, 0.3) is 17.0 Å². The van der Waals surface area contributed by atoms with E-state index in [4.69, 9.17) is 19.8 Å². The van der Waals surface area contributed by atoms with Gasteiger partial charge in [-0.3, -0.25) is 9.35 Å². The molecule has 32 heavy (non-hydrogen) atoms. The van der Waals surface area contributed by atoms with Crippen molar-refractivity contribution in [3.05, 3.63) is 35.8 Å². The molecule has 170 valence electrons. The Morgan fingerprint density at radius 3 is 2.75 bits per heavy atom. The molecule has 2 atom stereocenters. The normalized spacial score (nSPS) is 22.0. The van der Waals surface area contributed by atoms with Gasteiger partial charge in [-0.15, -0.1) is 0 Å². The Balaban J connectivity index is 1.75. The lowest BCUT2D eigenvalue weighted by Gasteiger charge is -2.35. The Labute approximate surface area is 185 Å². The number of morpholine rings is 1. The quantitative estimate of drug-likeness (QED) is 0.560. The Morgan fingerprint density at radius 2 is 2.09 bits per heavy atom. The Bertz CT molecular complexity index is 1300. The second-order valence-electron chi connectivity index (χ2n) is 8.40. The van der Waals surface area contributed by atoms with Crippen LogP contribution in [0, 0.1) is 5.82 Å². The predicted molar refractivity (Wildman–Crippen MR) is 124 cm³/mol. The van der Waals surface area contributed by atoms with Crippen LogP contribution in [0.1, 0.15) is 25.5 Å². The molecule has 1 aromatic carbocycles. The Hall–Kier alpha value is -2.76. The summed E-state index contributed by atoms with van der Waals surface area (Å²) in [6, 6.07) is 6.36. The lowest BCUT2D eigenvalue weighted by atomic mass is 10.2. The molecule has 0 radical (unpaired) electrons. The van der Waals surface area contributed by atoms with Crippen molar-refractivity contribution in [2.45, 2.75) is 30.6 Å². The highest BCUT2D eigenvalue weighted by molar-refractivity contribution is 7.99. The highest BCUT2D eigenvalue weighted by atomic mass is 32.2. The molecule has 0 amide bonds. The molecule has 0 spiro atoms. The smallest absolute Gasteiger partial charge is 0.239 e. The second-order valence-corrected chi connectivity index (χ2v) is 10.6. The maximum absolute atomic E-state index is 13.8. The van der Waals surface area contributed by atoms with Crippen LogP contribution in [0.5, 0.6) is 0 Å². The zero-order valence-corrected chi connectivity index (χ0v) is 18.9. The number of halogens is 1. The number of fused-ring (bicyclic) bond motifs is 1. The minimum atomic E-state index is -2.88. The molecular weight excluding hydrogens is 433 g/mol. The van der Waals surface area contributed by atoms with E-state index in [1.165, 1.54) is 12.1 Å². The van der Waals surface area contributed by atoms with E-state index in [-0.39, 0.29) is 11.9 Å². The van der Waals surface area contributed by atoms with Crippen LogP contribution in [0.15, 0.2) is 24.3 Å². The van der Waals surface area contributed by atoms with E-state index in [9.17, 15) is 8.60 Å². The monoisotopic (exact) mass is 459 g/mol. The average molecular weight is 460 g/mol. The molecule has 1 aliphatic carbocycles. The van der Waals surface area contributed by atoms with Crippen LogP contribution in [-0.4, -0.2) is 62.4 Å². The molecule has 3 N–H and O–H groups in total. The van der Waals surface area contributed by atoms with Crippen LogP contribution >= 0.6 is 0 Å². The number of nitrogens with one attached hydrogen (secondary N) is 1. The number of rotatable bonds is 5. The van der Waals surface area contributed by atoms with Crippen molar-refractivity contribution >= 4 is 38.4 Å². The minimum Gasteiger partial charge on any atom is -0.377 e. The van der Waals surface area contributed by atoms with Crippen molar-refractivity contribution in [2.24, 2.45) is 5.14 Å². The van der Waals surface area contributed by atoms with Crippen molar-refractivity contribution in [3.63, 3.8) is 0 Å². The lowest BCUT2D eigenvalue weighted by molar-refractivity contribution is 0.0985. The number of hydrogen-bond acceptors (Lipinski definition) is 7. The summed E-state index contributed by atoms with van der Waals surface area (Å²) in [6.07, 6.45) is 1.30. The van der Waals surface area contributed by atoms with Crippen LogP contribution in [0.3, 0.4) is 0 Å². The standard InChI is InChI=1S/C21H26FN7O2S/c1-13-12-31-9-8-28(13)18-11-17(21(6-7-21)32(3,23)30)26-20(27-18)29-16-5-4-14(22)10-15(16)25-19(29)24-2/h4-5,10-11,13H,3,6-9,12H2,1-2H3,(H2,23,30)(H,24,25). The third-order valence-electron chi connectivity index (χ3n) is 6.24. The number of hydrogen-bond donors (Lipinski definition) is 2. The molecule has 2 aromatic heterocycles. The average Bonchev–Trinajstić information content (AvgIpc) is 3.50. The summed E-state index contributed by atoms with van der Waals surface area (Å²) < 4.78 is 33.3. The number of nitrogens with zero attached hydrogens (tertiary/aromatic N) is 5. The fourth-order valence-corrected chi connectivity index (χ4v) is 5.54. The number of ether oxygens (including phenoxy) is 1. The fourth-order valence-electron chi connectivity index (χ4n) is 4.29. The van der Waals surface area contributed by atoms with E-state index in [0.29, 0.717) is 67.0 Å². The Morgan fingerprint density at radius 1 is 1.31 bits per heavy atom. The minimum absolute atomic E-state index is 0.105. The summed E-state index contributed by atoms with van der Waals surface area (Å²) in [5.74, 6) is 4.90. The lowest BCUT2D eigenvalue weighted by Crippen LogP contribution is -2.44. The molecule has 11 heteroatoms. The third kappa shape index (κ3) is 3.31. The van der Waals surface area contributed by atoms with Crippen LogP contribution < -0.4 is 15.4 Å². The molecule has 3 heterocycles. The summed E-state index contributed by atoms with van der Waals surface area (Å²) in [7, 11) is -1.15. The largest absolute Gasteiger partial charge is 0.377 e. The van der Waals surface area contributed by atoms with Crippen molar-refractivity contribution in [1.29, 1.82) is 0 Å². The molecule has 5 rings (SSSR count). The van der Waals surface area contributed by atoms with Crippen LogP contribution in [0.2, 0.25) is 0 Å². The van der Waals surface area contributed by atoms with Gasteiger partial charge in [0.25, 0.3) is 0 Å². The Kier molecular flexibility index (Phi) is 4.88. The van der Waals surface area contributed by atoms with E-state index in [1.807, 2.05) is 6.07 Å². The van der Waals surface area contributed by atoms with Crippen molar-refractivity contribution in [2.75, 3.05) is 37.0 Å². The van der Waals surface area contributed by atoms with Gasteiger partial charge in [-0.1, -0.05) is 0 Å². The van der Waals surface area contributed by atoms with Gasteiger partial charge in [0.15, 0.2) is 0 Å². The maximum Gasteiger partial charge on any atom is 0.239 e. The van der Waals surface area contributed by atoms with Gasteiger partial charge in [0, 0.05) is 35.4 Å². The molecule has 1 saturated heterocycles. The second kappa shape index (κ2) is 7.39. The molecule has 2 fully saturated rings. The fraction of sp³-hybridized carbons (Fsp3) is 0.429.